The van der Waals surface area contributed by atoms with Crippen molar-refractivity contribution in [1.82, 2.24) is 0 Å². The molecule has 1 aliphatic heterocycles. The highest BCUT2D eigenvalue weighted by molar-refractivity contribution is 5.92. The lowest BCUT2D eigenvalue weighted by molar-refractivity contribution is -0.181. The fourth-order valence-corrected chi connectivity index (χ4v) is 8.75. The zero-order chi connectivity index (χ0) is 21.5. The second-order valence-corrected chi connectivity index (χ2v) is 11.1. The van der Waals surface area contributed by atoms with Crippen LogP contribution in [0.2, 0.25) is 0 Å². The van der Waals surface area contributed by atoms with Gasteiger partial charge in [-0.05, 0) is 73.7 Å². The summed E-state index contributed by atoms with van der Waals surface area (Å²) in [6.45, 7) is 6.76. The molecule has 5 nitrogen and oxygen atoms in total. The smallest absolute Gasteiger partial charge is 0.309 e. The van der Waals surface area contributed by atoms with E-state index in [2.05, 4.69) is 20.8 Å². The monoisotopic (exact) mass is 414 g/mol. The zero-order valence-corrected chi connectivity index (χ0v) is 18.7. The van der Waals surface area contributed by atoms with Gasteiger partial charge >= 0.3 is 11.9 Å². The molecule has 5 aliphatic rings. The van der Waals surface area contributed by atoms with E-state index in [4.69, 9.17) is 9.47 Å². The summed E-state index contributed by atoms with van der Waals surface area (Å²) < 4.78 is 11.4. The van der Waals surface area contributed by atoms with Crippen LogP contribution in [-0.4, -0.2) is 30.4 Å². The first-order valence-electron chi connectivity index (χ1n) is 11.7. The minimum Gasteiger partial charge on any atom is -0.469 e. The van der Waals surface area contributed by atoms with Crippen molar-refractivity contribution in [3.8, 4) is 0 Å². The molecule has 0 bridgehead atoms. The lowest BCUT2D eigenvalue weighted by atomic mass is 9.42. The van der Waals surface area contributed by atoms with Crippen LogP contribution in [0.3, 0.4) is 0 Å². The molecule has 4 fully saturated rings. The maximum Gasteiger partial charge on any atom is 0.309 e. The quantitative estimate of drug-likeness (QED) is 0.600. The summed E-state index contributed by atoms with van der Waals surface area (Å²) in [5.41, 5.74) is 0.683. The van der Waals surface area contributed by atoms with Crippen LogP contribution in [0.15, 0.2) is 11.6 Å². The first kappa shape index (κ1) is 20.3. The highest BCUT2D eigenvalue weighted by Gasteiger charge is 2.69. The molecule has 1 saturated heterocycles. The molecule has 0 aromatic heterocycles. The Morgan fingerprint density at radius 3 is 2.47 bits per heavy atom. The van der Waals surface area contributed by atoms with E-state index in [1.807, 2.05) is 6.08 Å². The zero-order valence-electron chi connectivity index (χ0n) is 18.7. The van der Waals surface area contributed by atoms with Gasteiger partial charge in [-0.1, -0.05) is 26.3 Å². The van der Waals surface area contributed by atoms with Crippen molar-refractivity contribution in [2.75, 3.05) is 7.11 Å². The fraction of sp³-hybridized carbons (Fsp3) is 0.800. The van der Waals surface area contributed by atoms with Crippen molar-refractivity contribution >= 4 is 17.7 Å². The molecule has 0 amide bonds. The van der Waals surface area contributed by atoms with E-state index < -0.39 is 0 Å². The van der Waals surface area contributed by atoms with Gasteiger partial charge in [-0.2, -0.15) is 0 Å². The summed E-state index contributed by atoms with van der Waals surface area (Å²) in [7, 11) is 1.48. The average molecular weight is 415 g/mol. The Bertz CT molecular complexity index is 844. The number of ketones is 1. The summed E-state index contributed by atoms with van der Waals surface area (Å²) >= 11 is 0. The number of ether oxygens (including phenoxy) is 2. The minimum atomic E-state index is -0.358. The van der Waals surface area contributed by atoms with E-state index in [0.717, 1.165) is 38.5 Å². The second kappa shape index (κ2) is 6.43. The molecule has 3 saturated carbocycles. The fourth-order valence-electron chi connectivity index (χ4n) is 8.75. The third kappa shape index (κ3) is 2.38. The average Bonchev–Trinajstić information content (AvgIpc) is 3.23. The van der Waals surface area contributed by atoms with Gasteiger partial charge in [-0.15, -0.1) is 0 Å². The van der Waals surface area contributed by atoms with Crippen LogP contribution in [0, 0.1) is 40.4 Å². The molecule has 30 heavy (non-hydrogen) atoms. The van der Waals surface area contributed by atoms with Crippen molar-refractivity contribution in [2.45, 2.75) is 77.7 Å². The highest BCUT2D eigenvalue weighted by Crippen LogP contribution is 2.71. The molecule has 1 heterocycles. The lowest BCUT2D eigenvalue weighted by Crippen LogP contribution is -2.60. The molecule has 0 aromatic carbocycles. The van der Waals surface area contributed by atoms with Crippen LogP contribution in [-0.2, 0) is 23.9 Å². The molecule has 4 aliphatic carbocycles. The van der Waals surface area contributed by atoms with Crippen molar-refractivity contribution < 1.29 is 23.9 Å². The Morgan fingerprint density at radius 2 is 1.80 bits per heavy atom. The predicted molar refractivity (Wildman–Crippen MR) is 110 cm³/mol. The maximum atomic E-state index is 13.1. The molecule has 1 spiro atoms. The van der Waals surface area contributed by atoms with Crippen LogP contribution < -0.4 is 0 Å². The SMILES string of the molecule is COC(=O)[C@H]1[C@@H]2[C@H](CC[C@@]3(C)[C@H]2CC[C@@]32CCC(=O)O2)[C@@]2(C)CCC(=O)C=C2[C@@H]1C. The van der Waals surface area contributed by atoms with Gasteiger partial charge in [-0.25, -0.2) is 0 Å². The largest absolute Gasteiger partial charge is 0.469 e. The first-order valence-corrected chi connectivity index (χ1v) is 11.7. The molecule has 5 rings (SSSR count). The van der Waals surface area contributed by atoms with Gasteiger partial charge in [0, 0.05) is 18.3 Å². The molecule has 0 N–H and O–H groups in total. The minimum absolute atomic E-state index is 0.00187. The van der Waals surface area contributed by atoms with Crippen LogP contribution in [0.25, 0.3) is 0 Å². The van der Waals surface area contributed by atoms with E-state index in [1.165, 1.54) is 12.7 Å². The Hall–Kier alpha value is -1.65. The Kier molecular flexibility index (Phi) is 4.34. The third-order valence-electron chi connectivity index (χ3n) is 10.3. The molecular formula is C25H34O5. The van der Waals surface area contributed by atoms with Gasteiger partial charge in [0.2, 0.25) is 0 Å². The van der Waals surface area contributed by atoms with Crippen LogP contribution in [0.5, 0.6) is 0 Å². The number of allylic oxidation sites excluding steroid dienone is 1. The number of carbonyl (C=O) groups excluding carboxylic acids is 3. The second-order valence-electron chi connectivity index (χ2n) is 11.1. The van der Waals surface area contributed by atoms with Gasteiger partial charge in [0.25, 0.3) is 0 Å². The summed E-state index contributed by atoms with van der Waals surface area (Å²) in [6.07, 6.45) is 8.59. The van der Waals surface area contributed by atoms with Crippen LogP contribution in [0.4, 0.5) is 0 Å². The summed E-state index contributed by atoms with van der Waals surface area (Å²) in [4.78, 5) is 37.5. The number of methoxy groups -OCH3 is 1. The lowest BCUT2D eigenvalue weighted by Gasteiger charge is -2.62. The molecule has 0 radical (unpaired) electrons. The van der Waals surface area contributed by atoms with Gasteiger partial charge in [0.05, 0.1) is 13.0 Å². The van der Waals surface area contributed by atoms with E-state index in [-0.39, 0.29) is 51.9 Å². The number of rotatable bonds is 1. The van der Waals surface area contributed by atoms with Crippen LogP contribution in [0.1, 0.15) is 72.1 Å². The summed E-state index contributed by atoms with van der Waals surface area (Å²) in [5, 5.41) is 0. The van der Waals surface area contributed by atoms with Crippen molar-refractivity contribution in [2.24, 2.45) is 40.4 Å². The summed E-state index contributed by atoms with van der Waals surface area (Å²) in [6, 6.07) is 0. The predicted octanol–water partition coefficient (Wildman–Crippen LogP) is 4.24. The van der Waals surface area contributed by atoms with Gasteiger partial charge in [0.15, 0.2) is 5.78 Å². The molecule has 0 aromatic rings. The normalized spacial score (nSPS) is 49.7. The summed E-state index contributed by atoms with van der Waals surface area (Å²) in [5.74, 6) is 0.651. The first-order chi connectivity index (χ1) is 14.2. The van der Waals surface area contributed by atoms with Gasteiger partial charge in [0.1, 0.15) is 5.60 Å². The van der Waals surface area contributed by atoms with Gasteiger partial charge in [-0.3, -0.25) is 14.4 Å². The van der Waals surface area contributed by atoms with Crippen molar-refractivity contribution in [1.29, 1.82) is 0 Å². The molecule has 164 valence electrons. The van der Waals surface area contributed by atoms with E-state index in [9.17, 15) is 14.4 Å². The topological polar surface area (TPSA) is 69.7 Å². The van der Waals surface area contributed by atoms with E-state index in [1.54, 1.807) is 0 Å². The standard InChI is InChI=1S/C25H34O5/c1-14-18-13-15(26)5-9-23(18,2)16-6-10-24(3)17(21(16)20(14)22(28)29-4)7-11-25(24)12-8-19(27)30-25/h13-14,16-17,20-21H,5-12H2,1-4H3/t14-,16-,17-,20+,21+,23+,24-,25+/m0/s1. The number of carbonyl (C=O) groups is 3. The number of esters is 2. The molecular weight excluding hydrogens is 380 g/mol. The number of fused-ring (bicyclic) bond motifs is 6. The Labute approximate surface area is 178 Å². The maximum absolute atomic E-state index is 13.1. The third-order valence-corrected chi connectivity index (χ3v) is 10.3. The molecule has 0 unspecified atom stereocenters. The van der Waals surface area contributed by atoms with Crippen molar-refractivity contribution in [3.05, 3.63) is 11.6 Å². The Balaban J connectivity index is 1.61. The molecule has 8 atom stereocenters. The van der Waals surface area contributed by atoms with Gasteiger partial charge < -0.3 is 9.47 Å². The van der Waals surface area contributed by atoms with Crippen LogP contribution >= 0.6 is 0 Å². The van der Waals surface area contributed by atoms with Crippen molar-refractivity contribution in [3.63, 3.8) is 0 Å². The molecule has 5 heteroatoms. The van der Waals surface area contributed by atoms with E-state index >= 15 is 0 Å². The number of hydrogen-bond donors (Lipinski definition) is 0. The highest BCUT2D eigenvalue weighted by atomic mass is 16.6. The van der Waals surface area contributed by atoms with E-state index in [0.29, 0.717) is 24.7 Å². The Morgan fingerprint density at radius 1 is 1.07 bits per heavy atom. The number of hydrogen-bond acceptors (Lipinski definition) is 5.